The highest BCUT2D eigenvalue weighted by atomic mass is 16.7. The molecule has 1 atom stereocenters. The van der Waals surface area contributed by atoms with Gasteiger partial charge in [0.05, 0.1) is 12.2 Å². The molecule has 2 aromatic rings. The Balaban J connectivity index is 1.83. The van der Waals surface area contributed by atoms with Crippen molar-refractivity contribution in [3.8, 4) is 11.5 Å². The summed E-state index contributed by atoms with van der Waals surface area (Å²) in [5, 5.41) is 3.95. The third-order valence-corrected chi connectivity index (χ3v) is 4.42. The molecule has 1 aromatic heterocycles. The molecule has 1 unspecified atom stereocenters. The molecule has 0 saturated carbocycles. The molecule has 134 valence electrons. The Hall–Kier alpha value is -2.54. The molecule has 25 heavy (non-hydrogen) atoms. The lowest BCUT2D eigenvalue weighted by atomic mass is 10.0. The van der Waals surface area contributed by atoms with Crippen molar-refractivity contribution < 1.29 is 18.8 Å². The zero-order valence-electron chi connectivity index (χ0n) is 15.2. The van der Waals surface area contributed by atoms with Gasteiger partial charge in [0.25, 0.3) is 0 Å². The molecule has 0 spiro atoms. The van der Waals surface area contributed by atoms with Crippen LogP contribution in [0.15, 0.2) is 22.7 Å². The van der Waals surface area contributed by atoms with Gasteiger partial charge in [-0.2, -0.15) is 0 Å². The normalized spacial score (nSPS) is 14.0. The fourth-order valence-electron chi connectivity index (χ4n) is 3.00. The van der Waals surface area contributed by atoms with E-state index in [9.17, 15) is 4.79 Å². The number of aryl methyl sites for hydroxylation is 2. The average Bonchev–Trinajstić information content (AvgIpc) is 3.15. The molecule has 2 heterocycles. The first-order valence-electron chi connectivity index (χ1n) is 8.11. The fraction of sp³-hybridized carbons (Fsp3) is 0.444. The van der Waals surface area contributed by atoms with Gasteiger partial charge in [-0.25, -0.2) is 0 Å². The summed E-state index contributed by atoms with van der Waals surface area (Å²) in [7, 11) is 5.56. The Kier molecular flexibility index (Phi) is 4.67. The lowest BCUT2D eigenvalue weighted by Crippen LogP contribution is -2.38. The molecule has 0 fully saturated rings. The van der Waals surface area contributed by atoms with E-state index in [0.717, 1.165) is 22.6 Å². The number of rotatable bonds is 5. The summed E-state index contributed by atoms with van der Waals surface area (Å²) in [5.41, 5.74) is 2.62. The first kappa shape index (κ1) is 17.3. The standard InChI is InChI=1S/C18H23N3O4/c1-11-14(12(2)25-19-11)9-21(5)18(22)17(20(3)4)13-6-7-15-16(8-13)24-10-23-15/h6-8,17H,9-10H2,1-5H3. The van der Waals surface area contributed by atoms with Crippen molar-refractivity contribution >= 4 is 5.91 Å². The van der Waals surface area contributed by atoms with Crippen LogP contribution in [0.2, 0.25) is 0 Å². The van der Waals surface area contributed by atoms with Gasteiger partial charge in [0.2, 0.25) is 12.7 Å². The Morgan fingerprint density at radius 3 is 2.56 bits per heavy atom. The minimum absolute atomic E-state index is 0.0103. The largest absolute Gasteiger partial charge is 0.454 e. The van der Waals surface area contributed by atoms with Crippen LogP contribution in [0.3, 0.4) is 0 Å². The number of hydrogen-bond acceptors (Lipinski definition) is 6. The summed E-state index contributed by atoms with van der Waals surface area (Å²) in [6, 6.07) is 5.20. The Morgan fingerprint density at radius 1 is 1.20 bits per heavy atom. The maximum atomic E-state index is 13.1. The first-order chi connectivity index (χ1) is 11.9. The van der Waals surface area contributed by atoms with E-state index in [1.807, 2.05) is 51.0 Å². The Bertz CT molecular complexity index is 765. The van der Waals surface area contributed by atoms with Gasteiger partial charge in [0.15, 0.2) is 11.5 Å². The maximum absolute atomic E-state index is 13.1. The minimum Gasteiger partial charge on any atom is -0.454 e. The van der Waals surface area contributed by atoms with E-state index in [2.05, 4.69) is 5.16 Å². The maximum Gasteiger partial charge on any atom is 0.244 e. The van der Waals surface area contributed by atoms with Gasteiger partial charge in [-0.05, 0) is 45.6 Å². The van der Waals surface area contributed by atoms with E-state index in [0.29, 0.717) is 18.0 Å². The van der Waals surface area contributed by atoms with Crippen molar-refractivity contribution in [2.24, 2.45) is 0 Å². The van der Waals surface area contributed by atoms with Crippen molar-refractivity contribution in [3.05, 3.63) is 40.8 Å². The van der Waals surface area contributed by atoms with Gasteiger partial charge in [-0.15, -0.1) is 0 Å². The van der Waals surface area contributed by atoms with E-state index in [1.165, 1.54) is 0 Å². The number of likely N-dealkylation sites (N-methyl/N-ethyl adjacent to an activating group) is 2. The molecule has 0 radical (unpaired) electrons. The summed E-state index contributed by atoms with van der Waals surface area (Å²) < 4.78 is 16.0. The van der Waals surface area contributed by atoms with Gasteiger partial charge < -0.3 is 18.9 Å². The highest BCUT2D eigenvalue weighted by Crippen LogP contribution is 2.35. The molecule has 0 N–H and O–H groups in total. The van der Waals surface area contributed by atoms with Crippen molar-refractivity contribution in [2.75, 3.05) is 27.9 Å². The molecule has 3 rings (SSSR count). The number of carbonyl (C=O) groups is 1. The zero-order chi connectivity index (χ0) is 18.1. The summed E-state index contributed by atoms with van der Waals surface area (Å²) >= 11 is 0. The second kappa shape index (κ2) is 6.76. The number of hydrogen-bond donors (Lipinski definition) is 0. The zero-order valence-corrected chi connectivity index (χ0v) is 15.2. The molecule has 1 aromatic carbocycles. The topological polar surface area (TPSA) is 68.0 Å². The number of fused-ring (bicyclic) bond motifs is 1. The number of benzene rings is 1. The van der Waals surface area contributed by atoms with Crippen molar-refractivity contribution in [1.29, 1.82) is 0 Å². The highest BCUT2D eigenvalue weighted by molar-refractivity contribution is 5.83. The van der Waals surface area contributed by atoms with Gasteiger partial charge in [0.1, 0.15) is 11.8 Å². The van der Waals surface area contributed by atoms with Crippen LogP contribution in [0.1, 0.15) is 28.6 Å². The van der Waals surface area contributed by atoms with Crippen LogP contribution < -0.4 is 9.47 Å². The van der Waals surface area contributed by atoms with E-state index in [-0.39, 0.29) is 12.7 Å². The van der Waals surface area contributed by atoms with Crippen molar-refractivity contribution in [3.63, 3.8) is 0 Å². The second-order valence-corrected chi connectivity index (χ2v) is 6.48. The molecular weight excluding hydrogens is 322 g/mol. The molecular formula is C18H23N3O4. The highest BCUT2D eigenvalue weighted by Gasteiger charge is 2.28. The first-order valence-corrected chi connectivity index (χ1v) is 8.11. The lowest BCUT2D eigenvalue weighted by molar-refractivity contribution is -0.135. The third kappa shape index (κ3) is 3.32. The summed E-state index contributed by atoms with van der Waals surface area (Å²) in [5.74, 6) is 2.11. The minimum atomic E-state index is -0.417. The van der Waals surface area contributed by atoms with Gasteiger partial charge in [0, 0.05) is 12.6 Å². The number of ether oxygens (including phenoxy) is 2. The molecule has 1 amide bonds. The number of carbonyl (C=O) groups excluding carboxylic acids is 1. The van der Waals surface area contributed by atoms with Gasteiger partial charge >= 0.3 is 0 Å². The molecule has 0 saturated heterocycles. The molecule has 7 nitrogen and oxygen atoms in total. The quantitative estimate of drug-likeness (QED) is 0.828. The van der Waals surface area contributed by atoms with Crippen LogP contribution in [-0.2, 0) is 11.3 Å². The van der Waals surface area contributed by atoms with E-state index >= 15 is 0 Å². The van der Waals surface area contributed by atoms with E-state index < -0.39 is 6.04 Å². The van der Waals surface area contributed by atoms with Crippen LogP contribution in [0.4, 0.5) is 0 Å². The summed E-state index contributed by atoms with van der Waals surface area (Å²) in [4.78, 5) is 16.7. The van der Waals surface area contributed by atoms with Crippen LogP contribution in [0.5, 0.6) is 11.5 Å². The molecule has 0 bridgehead atoms. The summed E-state index contributed by atoms with van der Waals surface area (Å²) in [6.45, 7) is 4.40. The number of amides is 1. The van der Waals surface area contributed by atoms with Crippen LogP contribution in [0, 0.1) is 13.8 Å². The average molecular weight is 345 g/mol. The lowest BCUT2D eigenvalue weighted by Gasteiger charge is -2.28. The SMILES string of the molecule is Cc1noc(C)c1CN(C)C(=O)C(c1ccc2c(c1)OCO2)N(C)C. The summed E-state index contributed by atoms with van der Waals surface area (Å²) in [6.07, 6.45) is 0. The van der Waals surface area contributed by atoms with Crippen LogP contribution in [0.25, 0.3) is 0 Å². The van der Waals surface area contributed by atoms with E-state index in [1.54, 1.807) is 11.9 Å². The predicted octanol–water partition coefficient (Wildman–Crippen LogP) is 2.28. The predicted molar refractivity (Wildman–Crippen MR) is 91.4 cm³/mol. The third-order valence-electron chi connectivity index (χ3n) is 4.42. The fourth-order valence-corrected chi connectivity index (χ4v) is 3.00. The molecule has 0 aliphatic carbocycles. The number of aromatic nitrogens is 1. The molecule has 7 heteroatoms. The second-order valence-electron chi connectivity index (χ2n) is 6.48. The van der Waals surface area contributed by atoms with Gasteiger partial charge in [-0.1, -0.05) is 11.2 Å². The van der Waals surface area contributed by atoms with Gasteiger partial charge in [-0.3, -0.25) is 9.69 Å². The Labute approximate surface area is 147 Å². The van der Waals surface area contributed by atoms with Crippen LogP contribution in [-0.4, -0.2) is 48.8 Å². The molecule has 1 aliphatic heterocycles. The number of nitrogens with zero attached hydrogens (tertiary/aromatic N) is 3. The Morgan fingerprint density at radius 2 is 1.92 bits per heavy atom. The van der Waals surface area contributed by atoms with Crippen molar-refractivity contribution in [2.45, 2.75) is 26.4 Å². The van der Waals surface area contributed by atoms with Crippen molar-refractivity contribution in [1.82, 2.24) is 15.0 Å². The van der Waals surface area contributed by atoms with Crippen LogP contribution >= 0.6 is 0 Å². The van der Waals surface area contributed by atoms with E-state index in [4.69, 9.17) is 14.0 Å². The monoisotopic (exact) mass is 345 g/mol. The molecule has 1 aliphatic rings. The smallest absolute Gasteiger partial charge is 0.244 e.